The predicted octanol–water partition coefficient (Wildman–Crippen LogP) is 3.08. The summed E-state index contributed by atoms with van der Waals surface area (Å²) in [6.07, 6.45) is -0.194. The molecule has 5 heteroatoms. The van der Waals surface area contributed by atoms with Crippen LogP contribution in [0.4, 0.5) is 0 Å². The average Bonchev–Trinajstić information content (AvgIpc) is 2.87. The van der Waals surface area contributed by atoms with Crippen LogP contribution >= 0.6 is 0 Å². The van der Waals surface area contributed by atoms with Gasteiger partial charge in [-0.2, -0.15) is 4.98 Å². The smallest absolute Gasteiger partial charge is 0.229 e. The van der Waals surface area contributed by atoms with Crippen LogP contribution < -0.4 is 4.74 Å². The van der Waals surface area contributed by atoms with Crippen molar-refractivity contribution < 1.29 is 14.4 Å². The van der Waals surface area contributed by atoms with E-state index in [1.807, 2.05) is 52.0 Å². The molecule has 2 aromatic rings. The quantitative estimate of drug-likeness (QED) is 0.916. The van der Waals surface area contributed by atoms with Crippen molar-refractivity contribution in [3.63, 3.8) is 0 Å². The topological polar surface area (TPSA) is 68.4 Å². The van der Waals surface area contributed by atoms with Crippen LogP contribution in [0.2, 0.25) is 0 Å². The molecule has 0 amide bonds. The molecular weight excluding hydrogens is 268 g/mol. The van der Waals surface area contributed by atoms with Crippen molar-refractivity contribution in [3.8, 4) is 17.1 Å². The summed E-state index contributed by atoms with van der Waals surface area (Å²) in [5.41, 5.74) is 0.567. The van der Waals surface area contributed by atoms with Gasteiger partial charge in [0.15, 0.2) is 0 Å². The second kappa shape index (κ2) is 6.26. The summed E-state index contributed by atoms with van der Waals surface area (Å²) in [7, 11) is 0. The van der Waals surface area contributed by atoms with Crippen LogP contribution in [-0.2, 0) is 6.42 Å². The Hall–Kier alpha value is -1.88. The highest BCUT2D eigenvalue weighted by Gasteiger charge is 2.25. The van der Waals surface area contributed by atoms with Gasteiger partial charge in [0.2, 0.25) is 11.7 Å². The number of ether oxygens (including phenoxy) is 1. The Morgan fingerprint density at radius 3 is 2.67 bits per heavy atom. The second-order valence-corrected chi connectivity index (χ2v) is 6.03. The Balaban J connectivity index is 2.20. The molecule has 1 atom stereocenters. The Morgan fingerprint density at radius 2 is 2.00 bits per heavy atom. The maximum Gasteiger partial charge on any atom is 0.229 e. The molecule has 5 nitrogen and oxygen atoms in total. The molecule has 1 unspecified atom stereocenters. The Morgan fingerprint density at radius 1 is 1.29 bits per heavy atom. The van der Waals surface area contributed by atoms with E-state index in [1.54, 1.807) is 0 Å². The number of benzene rings is 1. The van der Waals surface area contributed by atoms with Crippen LogP contribution in [0.5, 0.6) is 5.75 Å². The molecule has 1 aromatic heterocycles. The van der Waals surface area contributed by atoms with E-state index in [-0.39, 0.29) is 5.41 Å². The molecule has 1 heterocycles. The lowest BCUT2D eigenvalue weighted by atomic mass is 9.87. The summed E-state index contributed by atoms with van der Waals surface area (Å²) >= 11 is 0. The number of hydrogen-bond acceptors (Lipinski definition) is 5. The number of nitrogens with zero attached hydrogens (tertiary/aromatic N) is 2. The van der Waals surface area contributed by atoms with Crippen molar-refractivity contribution in [1.82, 2.24) is 10.1 Å². The third-order valence-corrected chi connectivity index (χ3v) is 3.26. The van der Waals surface area contributed by atoms with Crippen LogP contribution in [-0.4, -0.2) is 28.0 Å². The van der Waals surface area contributed by atoms with Gasteiger partial charge >= 0.3 is 0 Å². The van der Waals surface area contributed by atoms with E-state index in [1.165, 1.54) is 0 Å². The summed E-state index contributed by atoms with van der Waals surface area (Å²) in [4.78, 5) is 4.36. The summed E-state index contributed by atoms with van der Waals surface area (Å²) in [5, 5.41) is 14.1. The number of rotatable bonds is 5. The Bertz CT molecular complexity index is 587. The minimum atomic E-state index is -0.534. The molecule has 114 valence electrons. The SMILES string of the molecule is CCOc1ccccc1-c1noc(CC(O)C(C)(C)C)n1. The van der Waals surface area contributed by atoms with Crippen LogP contribution in [0.15, 0.2) is 28.8 Å². The average molecular weight is 290 g/mol. The van der Waals surface area contributed by atoms with Gasteiger partial charge in [0.25, 0.3) is 0 Å². The van der Waals surface area contributed by atoms with Crippen molar-refractivity contribution in [3.05, 3.63) is 30.2 Å². The molecule has 1 N–H and O–H groups in total. The lowest BCUT2D eigenvalue weighted by Gasteiger charge is -2.24. The van der Waals surface area contributed by atoms with Crippen LogP contribution in [0.25, 0.3) is 11.4 Å². The largest absolute Gasteiger partial charge is 0.493 e. The molecule has 0 aliphatic heterocycles. The highest BCUT2D eigenvalue weighted by Crippen LogP contribution is 2.28. The van der Waals surface area contributed by atoms with Crippen molar-refractivity contribution in [2.75, 3.05) is 6.61 Å². The highest BCUT2D eigenvalue weighted by molar-refractivity contribution is 5.63. The lowest BCUT2D eigenvalue weighted by Crippen LogP contribution is -2.28. The molecule has 0 saturated carbocycles. The van der Waals surface area contributed by atoms with E-state index >= 15 is 0 Å². The first-order chi connectivity index (χ1) is 9.91. The molecule has 0 fully saturated rings. The fourth-order valence-corrected chi connectivity index (χ4v) is 1.85. The molecule has 0 aliphatic carbocycles. The Kier molecular flexibility index (Phi) is 4.63. The zero-order valence-corrected chi connectivity index (χ0v) is 13.0. The monoisotopic (exact) mass is 290 g/mol. The van der Waals surface area contributed by atoms with Gasteiger partial charge in [0, 0.05) is 0 Å². The fraction of sp³-hybridized carbons (Fsp3) is 0.500. The lowest BCUT2D eigenvalue weighted by molar-refractivity contribution is 0.0565. The van der Waals surface area contributed by atoms with Gasteiger partial charge in [0.1, 0.15) is 5.75 Å². The predicted molar refractivity (Wildman–Crippen MR) is 80.1 cm³/mol. The van der Waals surface area contributed by atoms with Crippen LogP contribution in [0, 0.1) is 5.41 Å². The zero-order chi connectivity index (χ0) is 15.5. The Labute approximate surface area is 125 Å². The van der Waals surface area contributed by atoms with Crippen molar-refractivity contribution in [2.45, 2.75) is 40.2 Å². The van der Waals surface area contributed by atoms with Crippen molar-refractivity contribution in [1.29, 1.82) is 0 Å². The first-order valence-electron chi connectivity index (χ1n) is 7.14. The molecule has 0 spiro atoms. The van der Waals surface area contributed by atoms with Gasteiger partial charge in [-0.25, -0.2) is 0 Å². The van der Waals surface area contributed by atoms with Gasteiger partial charge in [-0.3, -0.25) is 0 Å². The van der Waals surface area contributed by atoms with Crippen molar-refractivity contribution >= 4 is 0 Å². The van der Waals surface area contributed by atoms with E-state index in [0.717, 1.165) is 11.3 Å². The van der Waals surface area contributed by atoms with E-state index in [0.29, 0.717) is 24.7 Å². The van der Waals surface area contributed by atoms with Gasteiger partial charge < -0.3 is 14.4 Å². The van der Waals surface area contributed by atoms with E-state index < -0.39 is 6.10 Å². The molecule has 1 aromatic carbocycles. The molecule has 0 radical (unpaired) electrons. The van der Waals surface area contributed by atoms with Crippen LogP contribution in [0.1, 0.15) is 33.6 Å². The third kappa shape index (κ3) is 3.82. The number of aliphatic hydroxyl groups is 1. The molecule has 2 rings (SSSR count). The molecule has 0 saturated heterocycles. The summed E-state index contributed by atoms with van der Waals surface area (Å²) in [6.45, 7) is 8.42. The standard InChI is InChI=1S/C16H22N2O3/c1-5-20-12-9-7-6-8-11(12)15-17-14(21-18-15)10-13(19)16(2,3)4/h6-9,13,19H,5,10H2,1-4H3. The number of aliphatic hydroxyl groups excluding tert-OH is 1. The molecule has 0 bridgehead atoms. The maximum atomic E-state index is 10.1. The minimum Gasteiger partial charge on any atom is -0.493 e. The van der Waals surface area contributed by atoms with Crippen LogP contribution in [0.3, 0.4) is 0 Å². The summed E-state index contributed by atoms with van der Waals surface area (Å²) in [5.74, 6) is 1.64. The molecule has 21 heavy (non-hydrogen) atoms. The number of aromatic nitrogens is 2. The van der Waals surface area contributed by atoms with E-state index in [4.69, 9.17) is 9.26 Å². The maximum absolute atomic E-state index is 10.1. The van der Waals surface area contributed by atoms with Gasteiger partial charge in [-0.05, 0) is 24.5 Å². The highest BCUT2D eigenvalue weighted by atomic mass is 16.5. The van der Waals surface area contributed by atoms with Gasteiger partial charge in [-0.15, -0.1) is 0 Å². The normalized spacial score (nSPS) is 13.2. The molecule has 0 aliphatic rings. The third-order valence-electron chi connectivity index (χ3n) is 3.26. The summed E-state index contributed by atoms with van der Waals surface area (Å²) < 4.78 is 10.8. The van der Waals surface area contributed by atoms with Gasteiger partial charge in [-0.1, -0.05) is 38.1 Å². The number of hydrogen-bond donors (Lipinski definition) is 1. The van der Waals surface area contributed by atoms with Crippen molar-refractivity contribution in [2.24, 2.45) is 5.41 Å². The first kappa shape index (κ1) is 15.5. The second-order valence-electron chi connectivity index (χ2n) is 6.03. The first-order valence-corrected chi connectivity index (χ1v) is 7.14. The van der Waals surface area contributed by atoms with Gasteiger partial charge in [0.05, 0.1) is 24.7 Å². The number of para-hydroxylation sites is 1. The minimum absolute atomic E-state index is 0.224. The summed E-state index contributed by atoms with van der Waals surface area (Å²) in [6, 6.07) is 7.56. The fourth-order valence-electron chi connectivity index (χ4n) is 1.85. The molecular formula is C16H22N2O3. The van der Waals surface area contributed by atoms with E-state index in [2.05, 4.69) is 10.1 Å². The zero-order valence-electron chi connectivity index (χ0n) is 13.0. The van der Waals surface area contributed by atoms with E-state index in [9.17, 15) is 5.11 Å².